The van der Waals surface area contributed by atoms with Gasteiger partial charge < -0.3 is 4.74 Å². The molecule has 2 nitrogen and oxygen atoms in total. The Morgan fingerprint density at radius 1 is 1.29 bits per heavy atom. The van der Waals surface area contributed by atoms with Crippen LogP contribution in [-0.4, -0.2) is 11.4 Å². The molecule has 2 heteroatoms. The molecule has 1 aromatic carbocycles. The Labute approximate surface area is 102 Å². The lowest BCUT2D eigenvalue weighted by Gasteiger charge is -2.45. The highest BCUT2D eigenvalue weighted by molar-refractivity contribution is 6.00. The molecule has 0 saturated heterocycles. The van der Waals surface area contributed by atoms with E-state index in [-0.39, 0.29) is 11.4 Å². The summed E-state index contributed by atoms with van der Waals surface area (Å²) in [5.74, 6) is 1.52. The maximum atomic E-state index is 12.2. The van der Waals surface area contributed by atoms with Crippen molar-refractivity contribution in [1.82, 2.24) is 0 Å². The molecule has 90 valence electrons. The Morgan fingerprint density at radius 3 is 2.94 bits per heavy atom. The summed E-state index contributed by atoms with van der Waals surface area (Å²) >= 11 is 0. The molecule has 0 radical (unpaired) electrons. The van der Waals surface area contributed by atoms with Crippen LogP contribution in [0.1, 0.15) is 49.4 Å². The highest BCUT2D eigenvalue weighted by atomic mass is 16.5. The first-order valence-electron chi connectivity index (χ1n) is 6.52. The third-order valence-corrected chi connectivity index (χ3v) is 4.35. The number of hydrogen-bond donors (Lipinski definition) is 0. The van der Waals surface area contributed by atoms with Crippen LogP contribution in [0, 0.1) is 5.92 Å². The number of Topliss-reactive ketones (excluding diaryl/α,β-unsaturated/α-hetero) is 1. The van der Waals surface area contributed by atoms with Gasteiger partial charge >= 0.3 is 0 Å². The van der Waals surface area contributed by atoms with Crippen molar-refractivity contribution < 1.29 is 9.53 Å². The summed E-state index contributed by atoms with van der Waals surface area (Å²) in [5, 5.41) is 0. The number of rotatable bonds is 0. The summed E-state index contributed by atoms with van der Waals surface area (Å²) in [6.45, 7) is 2.22. The zero-order valence-electron chi connectivity index (χ0n) is 10.2. The van der Waals surface area contributed by atoms with Crippen molar-refractivity contribution in [1.29, 1.82) is 0 Å². The number of fused-ring (bicyclic) bond motifs is 1. The molecule has 0 bridgehead atoms. The Bertz CT molecular complexity index is 452. The Kier molecular flexibility index (Phi) is 2.46. The lowest BCUT2D eigenvalue weighted by Crippen LogP contribution is -2.49. The van der Waals surface area contributed by atoms with Crippen LogP contribution in [0.15, 0.2) is 24.3 Å². The minimum atomic E-state index is -0.219. The van der Waals surface area contributed by atoms with Gasteiger partial charge in [-0.25, -0.2) is 0 Å². The van der Waals surface area contributed by atoms with Crippen LogP contribution >= 0.6 is 0 Å². The van der Waals surface area contributed by atoms with Gasteiger partial charge in [-0.15, -0.1) is 0 Å². The fraction of sp³-hybridized carbons (Fsp3) is 0.533. The second-order valence-corrected chi connectivity index (χ2v) is 5.41. The van der Waals surface area contributed by atoms with Crippen LogP contribution in [0.5, 0.6) is 5.75 Å². The van der Waals surface area contributed by atoms with Gasteiger partial charge in [-0.2, -0.15) is 0 Å². The summed E-state index contributed by atoms with van der Waals surface area (Å²) in [6, 6.07) is 7.65. The maximum Gasteiger partial charge on any atom is 0.170 e. The van der Waals surface area contributed by atoms with Gasteiger partial charge in [0.1, 0.15) is 11.4 Å². The predicted octanol–water partition coefficient (Wildman–Crippen LogP) is 3.60. The van der Waals surface area contributed by atoms with E-state index in [2.05, 4.69) is 6.92 Å². The average molecular weight is 230 g/mol. The first kappa shape index (κ1) is 10.8. The van der Waals surface area contributed by atoms with Crippen LogP contribution in [0.4, 0.5) is 0 Å². The summed E-state index contributed by atoms with van der Waals surface area (Å²) in [6.07, 6.45) is 5.21. The van der Waals surface area contributed by atoms with Gasteiger partial charge in [0.05, 0.1) is 12.0 Å². The molecule has 2 unspecified atom stereocenters. The number of carbonyl (C=O) groups excluding carboxylic acids is 1. The van der Waals surface area contributed by atoms with Crippen LogP contribution in [-0.2, 0) is 0 Å². The summed E-state index contributed by atoms with van der Waals surface area (Å²) in [4.78, 5) is 12.2. The van der Waals surface area contributed by atoms with Crippen molar-refractivity contribution in [2.24, 2.45) is 5.92 Å². The van der Waals surface area contributed by atoms with Gasteiger partial charge in [0.2, 0.25) is 0 Å². The molecular weight excluding hydrogens is 212 g/mol. The van der Waals surface area contributed by atoms with E-state index < -0.39 is 0 Å². The molecule has 2 atom stereocenters. The maximum absolute atomic E-state index is 12.2. The van der Waals surface area contributed by atoms with E-state index in [1.165, 1.54) is 19.3 Å². The number of hydrogen-bond acceptors (Lipinski definition) is 2. The third kappa shape index (κ3) is 1.67. The molecule has 1 saturated carbocycles. The van der Waals surface area contributed by atoms with Crippen molar-refractivity contribution in [3.8, 4) is 5.75 Å². The number of carbonyl (C=O) groups is 1. The highest BCUT2D eigenvalue weighted by Crippen LogP contribution is 2.44. The van der Waals surface area contributed by atoms with Crippen LogP contribution < -0.4 is 4.74 Å². The molecule has 1 aromatic rings. The highest BCUT2D eigenvalue weighted by Gasteiger charge is 2.45. The average Bonchev–Trinajstić information content (AvgIpc) is 2.33. The molecule has 2 aliphatic rings. The Hall–Kier alpha value is -1.31. The van der Waals surface area contributed by atoms with Crippen molar-refractivity contribution >= 4 is 5.78 Å². The van der Waals surface area contributed by atoms with E-state index >= 15 is 0 Å². The number of ketones is 1. The monoisotopic (exact) mass is 230 g/mol. The molecular formula is C15H18O2. The van der Waals surface area contributed by atoms with E-state index in [0.29, 0.717) is 12.3 Å². The van der Waals surface area contributed by atoms with Gasteiger partial charge in [0.25, 0.3) is 0 Å². The third-order valence-electron chi connectivity index (χ3n) is 4.35. The molecule has 3 rings (SSSR count). The fourth-order valence-electron chi connectivity index (χ4n) is 3.21. The molecule has 17 heavy (non-hydrogen) atoms. The van der Waals surface area contributed by atoms with Gasteiger partial charge in [0.15, 0.2) is 5.78 Å². The number of para-hydroxylation sites is 1. The lowest BCUT2D eigenvalue weighted by molar-refractivity contribution is -0.0258. The molecule has 0 N–H and O–H groups in total. The Balaban J connectivity index is 2.00. The summed E-state index contributed by atoms with van der Waals surface area (Å²) < 4.78 is 6.22. The van der Waals surface area contributed by atoms with Crippen LogP contribution in [0.2, 0.25) is 0 Å². The predicted molar refractivity (Wildman–Crippen MR) is 66.4 cm³/mol. The first-order valence-corrected chi connectivity index (χ1v) is 6.52. The molecule has 1 heterocycles. The number of ether oxygens (including phenoxy) is 1. The second-order valence-electron chi connectivity index (χ2n) is 5.41. The topological polar surface area (TPSA) is 26.3 Å². The van der Waals surface area contributed by atoms with E-state index in [0.717, 1.165) is 17.7 Å². The van der Waals surface area contributed by atoms with Gasteiger partial charge in [-0.05, 0) is 37.3 Å². The minimum Gasteiger partial charge on any atom is -0.486 e. The Morgan fingerprint density at radius 2 is 2.12 bits per heavy atom. The molecule has 0 aromatic heterocycles. The summed E-state index contributed by atoms with van der Waals surface area (Å²) in [7, 11) is 0. The fourth-order valence-corrected chi connectivity index (χ4v) is 3.21. The summed E-state index contributed by atoms with van der Waals surface area (Å²) in [5.41, 5.74) is 0.542. The van der Waals surface area contributed by atoms with E-state index in [1.54, 1.807) is 0 Å². The molecule has 1 aliphatic heterocycles. The zero-order chi connectivity index (χ0) is 11.9. The largest absolute Gasteiger partial charge is 0.486 e. The van der Waals surface area contributed by atoms with Crippen molar-refractivity contribution in [3.63, 3.8) is 0 Å². The van der Waals surface area contributed by atoms with Crippen molar-refractivity contribution in [2.45, 2.75) is 44.6 Å². The van der Waals surface area contributed by atoms with Crippen LogP contribution in [0.25, 0.3) is 0 Å². The second kappa shape index (κ2) is 3.86. The number of benzene rings is 1. The standard InChI is InChI=1S/C15H18O2/c1-11-6-4-5-9-15(11)10-13(16)12-7-2-3-8-14(12)17-15/h2-3,7-8,11H,4-6,9-10H2,1H3. The van der Waals surface area contributed by atoms with Gasteiger partial charge in [-0.3, -0.25) is 4.79 Å². The van der Waals surface area contributed by atoms with Crippen LogP contribution in [0.3, 0.4) is 0 Å². The molecule has 1 fully saturated rings. The van der Waals surface area contributed by atoms with Gasteiger partial charge in [0, 0.05) is 0 Å². The SMILES string of the molecule is CC1CCCCC12CC(=O)c1ccccc1O2. The normalized spacial score (nSPS) is 32.1. The first-order chi connectivity index (χ1) is 8.21. The van der Waals surface area contributed by atoms with E-state index in [4.69, 9.17) is 4.74 Å². The molecule has 1 spiro atoms. The molecule has 0 amide bonds. The quantitative estimate of drug-likeness (QED) is 0.680. The lowest BCUT2D eigenvalue weighted by atomic mass is 9.72. The smallest absolute Gasteiger partial charge is 0.170 e. The zero-order valence-corrected chi connectivity index (χ0v) is 10.2. The van der Waals surface area contributed by atoms with Crippen molar-refractivity contribution in [2.75, 3.05) is 0 Å². The van der Waals surface area contributed by atoms with Crippen molar-refractivity contribution in [3.05, 3.63) is 29.8 Å². The van der Waals surface area contributed by atoms with E-state index in [1.807, 2.05) is 24.3 Å². The minimum absolute atomic E-state index is 0.219. The van der Waals surface area contributed by atoms with E-state index in [9.17, 15) is 4.79 Å². The van der Waals surface area contributed by atoms with Gasteiger partial charge in [-0.1, -0.05) is 25.5 Å². The molecule has 1 aliphatic carbocycles.